The lowest BCUT2D eigenvalue weighted by Crippen LogP contribution is -2.41. The van der Waals surface area contributed by atoms with Gasteiger partial charge in [-0.05, 0) is 19.1 Å². The van der Waals surface area contributed by atoms with Gasteiger partial charge >= 0.3 is 0 Å². The number of carbonyl (C=O) groups excluding carboxylic acids is 1. The largest absolute Gasteiger partial charge is 0.486 e. The molecule has 23 heavy (non-hydrogen) atoms. The Morgan fingerprint density at radius 1 is 1.43 bits per heavy atom. The molecule has 1 aromatic carbocycles. The summed E-state index contributed by atoms with van der Waals surface area (Å²) in [5.74, 6) is 1.68. The first kappa shape index (κ1) is 15.7. The number of hydrogen-bond acceptors (Lipinski definition) is 6. The maximum atomic E-state index is 11.9. The summed E-state index contributed by atoms with van der Waals surface area (Å²) < 4.78 is 13.3. The minimum atomic E-state index is -0.182. The number of nitrogens with zero attached hydrogens (tertiary/aromatic N) is 3. The van der Waals surface area contributed by atoms with Crippen LogP contribution in [-0.4, -0.2) is 45.7 Å². The molecule has 0 bridgehead atoms. The van der Waals surface area contributed by atoms with Gasteiger partial charge in [0.1, 0.15) is 19.0 Å². The average molecular weight is 334 g/mol. The highest BCUT2D eigenvalue weighted by Crippen LogP contribution is 2.30. The zero-order valence-corrected chi connectivity index (χ0v) is 13.6. The van der Waals surface area contributed by atoms with E-state index >= 15 is 0 Å². The number of carbonyl (C=O) groups is 1. The minimum Gasteiger partial charge on any atom is -0.486 e. The topological polar surface area (TPSA) is 78.3 Å². The third kappa shape index (κ3) is 3.95. The zero-order valence-electron chi connectivity index (χ0n) is 12.8. The molecule has 1 atom stereocenters. The van der Waals surface area contributed by atoms with E-state index in [4.69, 9.17) is 9.47 Å². The number of benzene rings is 1. The van der Waals surface area contributed by atoms with Crippen LogP contribution in [0, 0.1) is 0 Å². The molecule has 0 fully saturated rings. The lowest BCUT2D eigenvalue weighted by Gasteiger charge is -2.26. The molecular weight excluding hydrogens is 316 g/mol. The molecule has 1 aliphatic rings. The van der Waals surface area contributed by atoms with Crippen molar-refractivity contribution in [1.29, 1.82) is 0 Å². The SMILES string of the molecule is CCn1cnnc1SCC(=O)NCC1COc2ccccc2O1. The highest BCUT2D eigenvalue weighted by Gasteiger charge is 2.21. The number of hydrogen-bond donors (Lipinski definition) is 1. The Bertz CT molecular complexity index is 676. The number of aromatic nitrogens is 3. The normalized spacial score (nSPS) is 16.1. The molecule has 3 rings (SSSR count). The van der Waals surface area contributed by atoms with Crippen LogP contribution in [0.15, 0.2) is 35.7 Å². The van der Waals surface area contributed by atoms with E-state index < -0.39 is 0 Å². The van der Waals surface area contributed by atoms with Gasteiger partial charge in [-0.15, -0.1) is 10.2 Å². The summed E-state index contributed by atoms with van der Waals surface area (Å²) in [4.78, 5) is 11.9. The second-order valence-corrected chi connectivity index (χ2v) is 5.93. The van der Waals surface area contributed by atoms with Crippen LogP contribution in [0.4, 0.5) is 0 Å². The summed E-state index contributed by atoms with van der Waals surface area (Å²) >= 11 is 1.37. The van der Waals surface area contributed by atoms with Crippen molar-refractivity contribution in [2.75, 3.05) is 18.9 Å². The molecule has 0 radical (unpaired) electrons. The first-order valence-electron chi connectivity index (χ1n) is 7.42. The van der Waals surface area contributed by atoms with E-state index in [1.54, 1.807) is 6.33 Å². The van der Waals surface area contributed by atoms with Crippen LogP contribution >= 0.6 is 11.8 Å². The van der Waals surface area contributed by atoms with Gasteiger partial charge in [-0.2, -0.15) is 0 Å². The molecule has 8 heteroatoms. The van der Waals surface area contributed by atoms with Crippen LogP contribution in [0.2, 0.25) is 0 Å². The monoisotopic (exact) mass is 334 g/mol. The molecule has 1 unspecified atom stereocenters. The molecule has 1 aromatic heterocycles. The van der Waals surface area contributed by atoms with E-state index in [0.29, 0.717) is 24.7 Å². The number of aryl methyl sites for hydroxylation is 1. The number of rotatable bonds is 6. The maximum Gasteiger partial charge on any atom is 0.230 e. The third-order valence-electron chi connectivity index (χ3n) is 3.35. The molecule has 1 N–H and O–H groups in total. The van der Waals surface area contributed by atoms with Gasteiger partial charge in [0.25, 0.3) is 0 Å². The van der Waals surface area contributed by atoms with Crippen molar-refractivity contribution < 1.29 is 14.3 Å². The number of ether oxygens (including phenoxy) is 2. The van der Waals surface area contributed by atoms with Gasteiger partial charge < -0.3 is 19.4 Å². The fourth-order valence-electron chi connectivity index (χ4n) is 2.15. The van der Waals surface area contributed by atoms with Crippen molar-refractivity contribution >= 4 is 17.7 Å². The first-order valence-corrected chi connectivity index (χ1v) is 8.40. The number of thioether (sulfide) groups is 1. The number of para-hydroxylation sites is 2. The van der Waals surface area contributed by atoms with Gasteiger partial charge in [-0.1, -0.05) is 23.9 Å². The van der Waals surface area contributed by atoms with Gasteiger partial charge in [-0.25, -0.2) is 0 Å². The predicted molar refractivity (Wildman–Crippen MR) is 85.8 cm³/mol. The predicted octanol–water partition coefficient (Wildman–Crippen LogP) is 1.35. The van der Waals surface area contributed by atoms with Crippen LogP contribution in [0.3, 0.4) is 0 Å². The number of amides is 1. The molecular formula is C15H18N4O3S. The van der Waals surface area contributed by atoms with Crippen molar-refractivity contribution in [3.8, 4) is 11.5 Å². The summed E-state index contributed by atoms with van der Waals surface area (Å²) in [7, 11) is 0. The Morgan fingerprint density at radius 3 is 3.09 bits per heavy atom. The Labute approximate surface area is 138 Å². The molecule has 7 nitrogen and oxygen atoms in total. The minimum absolute atomic E-state index is 0.0666. The van der Waals surface area contributed by atoms with Crippen molar-refractivity contribution in [3.05, 3.63) is 30.6 Å². The van der Waals surface area contributed by atoms with E-state index in [2.05, 4.69) is 15.5 Å². The fourth-order valence-corrected chi connectivity index (χ4v) is 2.95. The molecule has 0 aliphatic carbocycles. The van der Waals surface area contributed by atoms with Crippen molar-refractivity contribution in [1.82, 2.24) is 20.1 Å². The van der Waals surface area contributed by atoms with Crippen LogP contribution < -0.4 is 14.8 Å². The van der Waals surface area contributed by atoms with Crippen molar-refractivity contribution in [3.63, 3.8) is 0 Å². The molecule has 2 heterocycles. The van der Waals surface area contributed by atoms with Gasteiger partial charge in [0.15, 0.2) is 16.7 Å². The average Bonchev–Trinajstić information content (AvgIpc) is 3.05. The standard InChI is InChI=1S/C15H18N4O3S/c1-2-19-10-17-18-15(19)23-9-14(20)16-7-11-8-21-12-5-3-4-6-13(12)22-11/h3-6,10-11H,2,7-9H2,1H3,(H,16,20). The zero-order chi connectivity index (χ0) is 16.1. The highest BCUT2D eigenvalue weighted by molar-refractivity contribution is 7.99. The second kappa shape index (κ2) is 7.36. The summed E-state index contributed by atoms with van der Waals surface area (Å²) in [5, 5.41) is 11.4. The molecule has 1 amide bonds. The van der Waals surface area contributed by atoms with E-state index in [1.807, 2.05) is 35.8 Å². The first-order chi connectivity index (χ1) is 11.3. The van der Waals surface area contributed by atoms with Gasteiger partial charge in [0.2, 0.25) is 5.91 Å². The maximum absolute atomic E-state index is 11.9. The third-order valence-corrected chi connectivity index (χ3v) is 4.33. The Hall–Kier alpha value is -2.22. The Morgan fingerprint density at radius 2 is 2.26 bits per heavy atom. The second-order valence-electron chi connectivity index (χ2n) is 4.99. The van der Waals surface area contributed by atoms with Gasteiger partial charge in [0, 0.05) is 6.54 Å². The Kier molecular flexibility index (Phi) is 5.02. The van der Waals surface area contributed by atoms with Gasteiger partial charge in [0.05, 0.1) is 12.3 Å². The van der Waals surface area contributed by atoms with Crippen LogP contribution in [0.1, 0.15) is 6.92 Å². The molecule has 0 spiro atoms. The fraction of sp³-hybridized carbons (Fsp3) is 0.400. The quantitative estimate of drug-likeness (QED) is 0.804. The summed E-state index contributed by atoms with van der Waals surface area (Å²) in [6, 6.07) is 7.52. The number of fused-ring (bicyclic) bond motifs is 1. The van der Waals surface area contributed by atoms with Crippen LogP contribution in [0.5, 0.6) is 11.5 Å². The molecule has 1 aliphatic heterocycles. The lowest BCUT2D eigenvalue weighted by atomic mass is 10.2. The van der Waals surface area contributed by atoms with Crippen molar-refractivity contribution in [2.24, 2.45) is 0 Å². The molecule has 122 valence electrons. The summed E-state index contributed by atoms with van der Waals surface area (Å²) in [5.41, 5.74) is 0. The smallest absolute Gasteiger partial charge is 0.230 e. The van der Waals surface area contributed by atoms with Crippen molar-refractivity contribution in [2.45, 2.75) is 24.7 Å². The number of nitrogens with one attached hydrogen (secondary N) is 1. The molecule has 0 saturated heterocycles. The van der Waals surface area contributed by atoms with Crippen LogP contribution in [0.25, 0.3) is 0 Å². The highest BCUT2D eigenvalue weighted by atomic mass is 32.2. The van der Waals surface area contributed by atoms with E-state index in [-0.39, 0.29) is 12.0 Å². The summed E-state index contributed by atoms with van der Waals surface area (Å²) in [6.45, 7) is 3.62. The summed E-state index contributed by atoms with van der Waals surface area (Å²) in [6.07, 6.45) is 1.48. The molecule has 2 aromatic rings. The van der Waals surface area contributed by atoms with E-state index in [9.17, 15) is 4.79 Å². The lowest BCUT2D eigenvalue weighted by molar-refractivity contribution is -0.119. The Balaban J connectivity index is 1.43. The van der Waals surface area contributed by atoms with E-state index in [0.717, 1.165) is 17.5 Å². The van der Waals surface area contributed by atoms with Crippen LogP contribution in [-0.2, 0) is 11.3 Å². The van der Waals surface area contributed by atoms with E-state index in [1.165, 1.54) is 11.8 Å². The molecule has 0 saturated carbocycles. The van der Waals surface area contributed by atoms with Gasteiger partial charge in [-0.3, -0.25) is 4.79 Å².